The van der Waals surface area contributed by atoms with Gasteiger partial charge in [-0.1, -0.05) is 25.1 Å². The Morgan fingerprint density at radius 2 is 2.05 bits per heavy atom. The van der Waals surface area contributed by atoms with Crippen molar-refractivity contribution < 1.29 is 9.59 Å². The lowest BCUT2D eigenvalue weighted by Crippen LogP contribution is -2.31. The van der Waals surface area contributed by atoms with E-state index in [1.165, 1.54) is 6.20 Å². The molecule has 0 saturated carbocycles. The molecule has 0 aliphatic carbocycles. The molecule has 104 valence electrons. The van der Waals surface area contributed by atoms with E-state index in [1.807, 2.05) is 38.1 Å². The second-order valence-corrected chi connectivity index (χ2v) is 4.26. The van der Waals surface area contributed by atoms with Gasteiger partial charge in [0.1, 0.15) is 11.6 Å². The molecule has 0 aliphatic rings. The summed E-state index contributed by atoms with van der Waals surface area (Å²) in [7, 11) is 0. The predicted octanol–water partition coefficient (Wildman–Crippen LogP) is 2.26. The number of imide groups is 1. The average Bonchev–Trinajstić information content (AvgIpc) is 2.41. The summed E-state index contributed by atoms with van der Waals surface area (Å²) in [6, 6.07) is 9.26. The quantitative estimate of drug-likeness (QED) is 0.635. The van der Waals surface area contributed by atoms with Crippen LogP contribution in [0.3, 0.4) is 0 Å². The van der Waals surface area contributed by atoms with Crippen molar-refractivity contribution in [1.82, 2.24) is 5.32 Å². The van der Waals surface area contributed by atoms with Gasteiger partial charge in [-0.3, -0.25) is 14.9 Å². The highest BCUT2D eigenvalue weighted by Gasteiger charge is 2.12. The van der Waals surface area contributed by atoms with E-state index in [0.717, 1.165) is 11.3 Å². The molecule has 0 atom stereocenters. The van der Waals surface area contributed by atoms with E-state index in [0.29, 0.717) is 6.42 Å². The first-order chi connectivity index (χ1) is 9.58. The van der Waals surface area contributed by atoms with Crippen LogP contribution in [0.5, 0.6) is 0 Å². The molecule has 0 bridgehead atoms. The van der Waals surface area contributed by atoms with Gasteiger partial charge in [0.25, 0.3) is 5.91 Å². The van der Waals surface area contributed by atoms with Gasteiger partial charge >= 0.3 is 0 Å². The topological polar surface area (TPSA) is 82.0 Å². The van der Waals surface area contributed by atoms with E-state index in [1.54, 1.807) is 6.07 Å². The molecule has 0 aliphatic heterocycles. The van der Waals surface area contributed by atoms with E-state index < -0.39 is 5.91 Å². The van der Waals surface area contributed by atoms with Crippen LogP contribution in [0.1, 0.15) is 25.3 Å². The SMILES string of the molecule is CCCC(=O)NC(=O)C(C#N)=CNc1ccccc1C. The minimum Gasteiger partial charge on any atom is -0.360 e. The molecule has 5 nitrogen and oxygen atoms in total. The lowest BCUT2D eigenvalue weighted by molar-refractivity contribution is -0.128. The van der Waals surface area contributed by atoms with Crippen LogP contribution in [0.4, 0.5) is 5.69 Å². The van der Waals surface area contributed by atoms with E-state index in [9.17, 15) is 9.59 Å². The third-order valence-electron chi connectivity index (χ3n) is 2.61. The zero-order chi connectivity index (χ0) is 15.0. The molecule has 20 heavy (non-hydrogen) atoms. The van der Waals surface area contributed by atoms with Crippen molar-refractivity contribution in [1.29, 1.82) is 5.26 Å². The lowest BCUT2D eigenvalue weighted by atomic mass is 10.2. The predicted molar refractivity (Wildman–Crippen MR) is 76.6 cm³/mol. The van der Waals surface area contributed by atoms with Gasteiger partial charge in [-0.25, -0.2) is 0 Å². The summed E-state index contributed by atoms with van der Waals surface area (Å²) < 4.78 is 0. The number of anilines is 1. The van der Waals surface area contributed by atoms with Crippen molar-refractivity contribution in [3.05, 3.63) is 41.6 Å². The monoisotopic (exact) mass is 271 g/mol. The number of nitriles is 1. The van der Waals surface area contributed by atoms with Gasteiger partial charge in [0.05, 0.1) is 0 Å². The molecule has 2 N–H and O–H groups in total. The molecular formula is C15H17N3O2. The molecule has 0 unspecified atom stereocenters. The third kappa shape index (κ3) is 4.58. The Hall–Kier alpha value is -2.61. The lowest BCUT2D eigenvalue weighted by Gasteiger charge is -2.06. The van der Waals surface area contributed by atoms with Crippen LogP contribution in [0.25, 0.3) is 0 Å². The van der Waals surface area contributed by atoms with Crippen molar-refractivity contribution in [2.24, 2.45) is 0 Å². The van der Waals surface area contributed by atoms with Crippen molar-refractivity contribution in [2.45, 2.75) is 26.7 Å². The van der Waals surface area contributed by atoms with Gasteiger partial charge in [-0.05, 0) is 25.0 Å². The maximum atomic E-state index is 11.7. The molecule has 5 heteroatoms. The number of rotatable bonds is 5. The highest BCUT2D eigenvalue weighted by molar-refractivity contribution is 6.06. The fourth-order valence-corrected chi connectivity index (χ4v) is 1.52. The van der Waals surface area contributed by atoms with Gasteiger partial charge in [0, 0.05) is 18.3 Å². The normalized spacial score (nSPS) is 10.6. The summed E-state index contributed by atoms with van der Waals surface area (Å²) in [4.78, 5) is 23.0. The second-order valence-electron chi connectivity index (χ2n) is 4.26. The standard InChI is InChI=1S/C15H17N3O2/c1-3-6-14(19)18-15(20)12(9-16)10-17-13-8-5-4-7-11(13)2/h4-5,7-8,10,17H,3,6H2,1-2H3,(H,18,19,20). The maximum Gasteiger partial charge on any atom is 0.269 e. The van der Waals surface area contributed by atoms with Gasteiger partial charge in [0.15, 0.2) is 0 Å². The van der Waals surface area contributed by atoms with Crippen molar-refractivity contribution in [3.8, 4) is 6.07 Å². The highest BCUT2D eigenvalue weighted by atomic mass is 16.2. The molecule has 0 radical (unpaired) electrons. The maximum absolute atomic E-state index is 11.7. The molecule has 0 saturated heterocycles. The van der Waals surface area contributed by atoms with Crippen molar-refractivity contribution in [3.63, 3.8) is 0 Å². The number of para-hydroxylation sites is 1. The molecule has 0 aromatic heterocycles. The molecule has 0 spiro atoms. The Bertz CT molecular complexity index is 571. The van der Waals surface area contributed by atoms with Crippen LogP contribution in [0.2, 0.25) is 0 Å². The molecular weight excluding hydrogens is 254 g/mol. The second kappa shape index (κ2) is 7.74. The van der Waals surface area contributed by atoms with E-state index >= 15 is 0 Å². The first-order valence-electron chi connectivity index (χ1n) is 6.35. The first-order valence-corrected chi connectivity index (χ1v) is 6.35. The van der Waals surface area contributed by atoms with E-state index in [2.05, 4.69) is 10.6 Å². The Balaban J connectivity index is 2.73. The third-order valence-corrected chi connectivity index (χ3v) is 2.61. The van der Waals surface area contributed by atoms with Crippen LogP contribution in [0, 0.1) is 18.3 Å². The Morgan fingerprint density at radius 3 is 2.65 bits per heavy atom. The minimum absolute atomic E-state index is 0.141. The highest BCUT2D eigenvalue weighted by Crippen LogP contribution is 2.13. The number of nitrogens with one attached hydrogen (secondary N) is 2. The smallest absolute Gasteiger partial charge is 0.269 e. The van der Waals surface area contributed by atoms with Crippen LogP contribution in [-0.2, 0) is 9.59 Å². The van der Waals surface area contributed by atoms with E-state index in [-0.39, 0.29) is 17.9 Å². The zero-order valence-electron chi connectivity index (χ0n) is 11.6. The zero-order valence-corrected chi connectivity index (χ0v) is 11.6. The van der Waals surface area contributed by atoms with Crippen LogP contribution in [0.15, 0.2) is 36.0 Å². The number of aryl methyl sites for hydroxylation is 1. The number of nitrogens with zero attached hydrogens (tertiary/aromatic N) is 1. The van der Waals surface area contributed by atoms with Gasteiger partial charge in [0.2, 0.25) is 5.91 Å². The Morgan fingerprint density at radius 1 is 1.35 bits per heavy atom. The number of benzene rings is 1. The molecule has 0 heterocycles. The summed E-state index contributed by atoms with van der Waals surface area (Å²) >= 11 is 0. The Labute approximate surface area is 118 Å². The first kappa shape index (κ1) is 15.4. The van der Waals surface area contributed by atoms with Crippen LogP contribution in [-0.4, -0.2) is 11.8 Å². The summed E-state index contributed by atoms with van der Waals surface area (Å²) in [6.07, 6.45) is 2.21. The average molecular weight is 271 g/mol. The Kier molecular flexibility index (Phi) is 5.98. The number of carbonyl (C=O) groups excluding carboxylic acids is 2. The molecule has 1 aromatic rings. The fraction of sp³-hybridized carbons (Fsp3) is 0.267. The number of amides is 2. The van der Waals surface area contributed by atoms with Crippen molar-refractivity contribution in [2.75, 3.05) is 5.32 Å². The fourth-order valence-electron chi connectivity index (χ4n) is 1.52. The number of hydrogen-bond acceptors (Lipinski definition) is 4. The van der Waals surface area contributed by atoms with Crippen LogP contribution >= 0.6 is 0 Å². The molecule has 2 amide bonds. The minimum atomic E-state index is -0.688. The largest absolute Gasteiger partial charge is 0.360 e. The number of hydrogen-bond donors (Lipinski definition) is 2. The molecule has 1 aromatic carbocycles. The van der Waals surface area contributed by atoms with Crippen molar-refractivity contribution >= 4 is 17.5 Å². The summed E-state index contributed by atoms with van der Waals surface area (Å²) in [5.74, 6) is -1.07. The van der Waals surface area contributed by atoms with Crippen LogP contribution < -0.4 is 10.6 Å². The van der Waals surface area contributed by atoms with Gasteiger partial charge < -0.3 is 5.32 Å². The van der Waals surface area contributed by atoms with Gasteiger partial charge in [-0.2, -0.15) is 5.26 Å². The summed E-state index contributed by atoms with van der Waals surface area (Å²) in [6.45, 7) is 3.75. The number of carbonyl (C=O) groups is 2. The summed E-state index contributed by atoms with van der Waals surface area (Å²) in [5.41, 5.74) is 1.65. The van der Waals surface area contributed by atoms with E-state index in [4.69, 9.17) is 5.26 Å². The molecule has 0 fully saturated rings. The summed E-state index contributed by atoms with van der Waals surface area (Å²) in [5, 5.41) is 14.0. The molecule has 1 rings (SSSR count). The van der Waals surface area contributed by atoms with Gasteiger partial charge in [-0.15, -0.1) is 0 Å².